The molecular weight excluding hydrogens is 140 g/mol. The summed E-state index contributed by atoms with van der Waals surface area (Å²) < 4.78 is 1.53. The Morgan fingerprint density at radius 2 is 2.18 bits per heavy atom. The van der Waals surface area contributed by atoms with Crippen LogP contribution in [0.25, 0.3) is 0 Å². The summed E-state index contributed by atoms with van der Waals surface area (Å²) in [4.78, 5) is 11.3. The van der Waals surface area contributed by atoms with Gasteiger partial charge in [0.05, 0.1) is 0 Å². The van der Waals surface area contributed by atoms with E-state index in [1.54, 1.807) is 7.05 Å². The lowest BCUT2D eigenvalue weighted by atomic mass is 10.1. The van der Waals surface area contributed by atoms with Crippen molar-refractivity contribution in [3.05, 3.63) is 21.6 Å². The van der Waals surface area contributed by atoms with Crippen LogP contribution in [0, 0.1) is 6.92 Å². The lowest BCUT2D eigenvalue weighted by molar-refractivity contribution is 0.729. The first-order valence-electron chi connectivity index (χ1n) is 3.91. The summed E-state index contributed by atoms with van der Waals surface area (Å²) in [6.07, 6.45) is 1.90. The second-order valence-corrected chi connectivity index (χ2v) is 2.83. The number of hydrogen-bond donors (Lipinski definition) is 1. The van der Waals surface area contributed by atoms with Crippen LogP contribution in [0.3, 0.4) is 0 Å². The fourth-order valence-corrected chi connectivity index (χ4v) is 1.28. The van der Waals surface area contributed by atoms with E-state index in [-0.39, 0.29) is 5.56 Å². The third kappa shape index (κ3) is 1.37. The minimum Gasteiger partial charge on any atom is -0.300 e. The zero-order valence-corrected chi connectivity index (χ0v) is 7.27. The minimum atomic E-state index is 0.115. The van der Waals surface area contributed by atoms with E-state index in [1.165, 1.54) is 4.68 Å². The van der Waals surface area contributed by atoms with Crippen LogP contribution in [0.15, 0.2) is 4.79 Å². The Kier molecular flexibility index (Phi) is 2.17. The van der Waals surface area contributed by atoms with Crippen LogP contribution in [0.4, 0.5) is 0 Å². The average molecular weight is 154 g/mol. The molecule has 0 spiro atoms. The van der Waals surface area contributed by atoms with E-state index in [1.807, 2.05) is 6.92 Å². The summed E-state index contributed by atoms with van der Waals surface area (Å²) in [5, 5.41) is 2.96. The highest BCUT2D eigenvalue weighted by atomic mass is 16.1. The standard InChI is InChI=1S/C8H14N2O/c1-4-5-7-6(2)9-10(3)8(7)11/h9H,4-5H2,1-3H3. The van der Waals surface area contributed by atoms with Crippen LogP contribution in [-0.4, -0.2) is 9.78 Å². The van der Waals surface area contributed by atoms with Crippen molar-refractivity contribution in [3.8, 4) is 0 Å². The van der Waals surface area contributed by atoms with E-state index in [0.717, 1.165) is 24.1 Å². The number of H-pyrrole nitrogens is 1. The summed E-state index contributed by atoms with van der Waals surface area (Å²) in [5.41, 5.74) is 2.04. The van der Waals surface area contributed by atoms with Crippen LogP contribution in [0.1, 0.15) is 24.6 Å². The summed E-state index contributed by atoms with van der Waals surface area (Å²) in [6, 6.07) is 0. The number of aromatic nitrogens is 2. The third-order valence-corrected chi connectivity index (χ3v) is 1.85. The molecule has 0 saturated carbocycles. The lowest BCUT2D eigenvalue weighted by Crippen LogP contribution is -2.15. The van der Waals surface area contributed by atoms with E-state index in [4.69, 9.17) is 0 Å². The van der Waals surface area contributed by atoms with Crippen LogP contribution < -0.4 is 5.56 Å². The molecule has 1 aromatic rings. The number of hydrogen-bond acceptors (Lipinski definition) is 1. The van der Waals surface area contributed by atoms with Crippen LogP contribution in [0.5, 0.6) is 0 Å². The van der Waals surface area contributed by atoms with Gasteiger partial charge in [-0.25, -0.2) is 0 Å². The predicted molar refractivity (Wildman–Crippen MR) is 44.8 cm³/mol. The molecule has 0 aliphatic rings. The molecule has 0 bridgehead atoms. The molecule has 0 unspecified atom stereocenters. The first kappa shape index (κ1) is 8.11. The molecule has 0 saturated heterocycles. The fourth-order valence-electron chi connectivity index (χ4n) is 1.28. The Morgan fingerprint density at radius 3 is 2.55 bits per heavy atom. The zero-order valence-electron chi connectivity index (χ0n) is 7.27. The number of aryl methyl sites for hydroxylation is 2. The first-order valence-corrected chi connectivity index (χ1v) is 3.91. The van der Waals surface area contributed by atoms with Crippen molar-refractivity contribution in [3.63, 3.8) is 0 Å². The maximum absolute atomic E-state index is 11.3. The molecular formula is C8H14N2O. The predicted octanol–water partition coefficient (Wildman–Crippen LogP) is 0.974. The maximum Gasteiger partial charge on any atom is 0.269 e. The number of aromatic amines is 1. The molecule has 62 valence electrons. The third-order valence-electron chi connectivity index (χ3n) is 1.85. The molecule has 1 rings (SSSR count). The minimum absolute atomic E-state index is 0.115. The van der Waals surface area contributed by atoms with E-state index in [9.17, 15) is 4.79 Å². The topological polar surface area (TPSA) is 37.8 Å². The van der Waals surface area contributed by atoms with Gasteiger partial charge >= 0.3 is 0 Å². The normalized spacial score (nSPS) is 10.5. The van der Waals surface area contributed by atoms with E-state index in [2.05, 4.69) is 12.0 Å². The van der Waals surface area contributed by atoms with Gasteiger partial charge in [0.1, 0.15) is 0 Å². The highest BCUT2D eigenvalue weighted by Gasteiger charge is 2.06. The van der Waals surface area contributed by atoms with Crippen molar-refractivity contribution in [1.29, 1.82) is 0 Å². The molecule has 11 heavy (non-hydrogen) atoms. The number of nitrogens with zero attached hydrogens (tertiary/aromatic N) is 1. The maximum atomic E-state index is 11.3. The zero-order chi connectivity index (χ0) is 8.43. The van der Waals surface area contributed by atoms with Crippen LogP contribution in [-0.2, 0) is 13.5 Å². The van der Waals surface area contributed by atoms with Gasteiger partial charge in [-0.2, -0.15) is 0 Å². The van der Waals surface area contributed by atoms with Crippen molar-refractivity contribution >= 4 is 0 Å². The van der Waals surface area contributed by atoms with Crippen molar-refractivity contribution in [2.24, 2.45) is 7.05 Å². The molecule has 0 fully saturated rings. The molecule has 0 aliphatic carbocycles. The molecule has 0 aliphatic heterocycles. The highest BCUT2D eigenvalue weighted by Crippen LogP contribution is 2.00. The quantitative estimate of drug-likeness (QED) is 0.677. The van der Waals surface area contributed by atoms with Crippen molar-refractivity contribution < 1.29 is 0 Å². The molecule has 3 nitrogen and oxygen atoms in total. The van der Waals surface area contributed by atoms with Gasteiger partial charge < -0.3 is 0 Å². The number of rotatable bonds is 2. The highest BCUT2D eigenvalue weighted by molar-refractivity contribution is 5.15. The Bertz CT molecular complexity index is 296. The van der Waals surface area contributed by atoms with Gasteiger partial charge in [0, 0.05) is 18.3 Å². The molecule has 0 radical (unpaired) electrons. The monoisotopic (exact) mass is 154 g/mol. The van der Waals surface area contributed by atoms with E-state index >= 15 is 0 Å². The Balaban J connectivity index is 3.12. The van der Waals surface area contributed by atoms with Gasteiger partial charge in [0.15, 0.2) is 0 Å². The smallest absolute Gasteiger partial charge is 0.269 e. The first-order chi connectivity index (χ1) is 5.16. The molecule has 1 heterocycles. The summed E-state index contributed by atoms with van der Waals surface area (Å²) in [7, 11) is 1.74. The van der Waals surface area contributed by atoms with Crippen molar-refractivity contribution in [1.82, 2.24) is 9.78 Å². The van der Waals surface area contributed by atoms with Gasteiger partial charge in [0.2, 0.25) is 0 Å². The second kappa shape index (κ2) is 2.95. The van der Waals surface area contributed by atoms with Gasteiger partial charge in [0.25, 0.3) is 5.56 Å². The molecule has 1 N–H and O–H groups in total. The van der Waals surface area contributed by atoms with Gasteiger partial charge in [-0.15, -0.1) is 0 Å². The Hall–Kier alpha value is -0.990. The second-order valence-electron chi connectivity index (χ2n) is 2.83. The lowest BCUT2D eigenvalue weighted by Gasteiger charge is -1.90. The van der Waals surface area contributed by atoms with Crippen molar-refractivity contribution in [2.75, 3.05) is 0 Å². The van der Waals surface area contributed by atoms with Crippen LogP contribution in [0.2, 0.25) is 0 Å². The summed E-state index contributed by atoms with van der Waals surface area (Å²) in [5.74, 6) is 0. The van der Waals surface area contributed by atoms with Gasteiger partial charge in [-0.3, -0.25) is 14.6 Å². The molecule has 3 heteroatoms. The number of nitrogens with one attached hydrogen (secondary N) is 1. The molecule has 0 aromatic carbocycles. The van der Waals surface area contributed by atoms with Crippen LogP contribution >= 0.6 is 0 Å². The Labute approximate surface area is 66.0 Å². The van der Waals surface area contributed by atoms with Gasteiger partial charge in [-0.1, -0.05) is 13.3 Å². The molecule has 1 aromatic heterocycles. The average Bonchev–Trinajstić information content (AvgIpc) is 2.17. The summed E-state index contributed by atoms with van der Waals surface area (Å²) in [6.45, 7) is 4.01. The largest absolute Gasteiger partial charge is 0.300 e. The Morgan fingerprint density at radius 1 is 1.55 bits per heavy atom. The fraction of sp³-hybridized carbons (Fsp3) is 0.625. The SMILES string of the molecule is CCCc1c(C)[nH]n(C)c1=O. The van der Waals surface area contributed by atoms with E-state index < -0.39 is 0 Å². The van der Waals surface area contributed by atoms with Crippen molar-refractivity contribution in [2.45, 2.75) is 26.7 Å². The van der Waals surface area contributed by atoms with E-state index in [0.29, 0.717) is 0 Å². The molecule has 0 amide bonds. The molecule has 0 atom stereocenters. The summed E-state index contributed by atoms with van der Waals surface area (Å²) >= 11 is 0. The van der Waals surface area contributed by atoms with Gasteiger partial charge in [-0.05, 0) is 13.3 Å².